The van der Waals surface area contributed by atoms with Crippen molar-refractivity contribution in [3.63, 3.8) is 0 Å². The lowest BCUT2D eigenvalue weighted by molar-refractivity contribution is -0.274. The molecule has 1 heterocycles. The maximum absolute atomic E-state index is 12.4. The summed E-state index contributed by atoms with van der Waals surface area (Å²) in [6.45, 7) is -0.138. The predicted molar refractivity (Wildman–Crippen MR) is 94.3 cm³/mol. The molecule has 1 unspecified atom stereocenters. The minimum Gasteiger partial charge on any atom is -0.405 e. The zero-order valence-corrected chi connectivity index (χ0v) is 14.7. The Bertz CT molecular complexity index is 858. The molecule has 3 rings (SSSR count). The lowest BCUT2D eigenvalue weighted by atomic mass is 10.2. The molecule has 142 valence electrons. The van der Waals surface area contributed by atoms with Crippen LogP contribution < -0.4 is 15.4 Å². The summed E-state index contributed by atoms with van der Waals surface area (Å²) in [6, 6.07) is 12.8. The first-order valence-electron chi connectivity index (χ1n) is 7.99. The third-order valence-electron chi connectivity index (χ3n) is 3.75. The Labute approximate surface area is 157 Å². The lowest BCUT2D eigenvalue weighted by Crippen LogP contribution is -2.34. The van der Waals surface area contributed by atoms with E-state index < -0.39 is 17.5 Å². The van der Waals surface area contributed by atoms with Gasteiger partial charge in [-0.05, 0) is 18.2 Å². The Morgan fingerprint density at radius 2 is 1.85 bits per heavy atom. The number of hydrogen-bond donors (Lipinski definition) is 2. The summed E-state index contributed by atoms with van der Waals surface area (Å²) in [5.74, 6) is -1.09. The van der Waals surface area contributed by atoms with Crippen LogP contribution in [0, 0.1) is 0 Å². The van der Waals surface area contributed by atoms with Crippen molar-refractivity contribution >= 4 is 29.3 Å². The quantitative estimate of drug-likeness (QED) is 0.809. The van der Waals surface area contributed by atoms with Crippen LogP contribution in [0.2, 0.25) is 0 Å². The van der Waals surface area contributed by atoms with Gasteiger partial charge in [-0.15, -0.1) is 24.9 Å². The molecule has 0 aliphatic carbocycles. The molecule has 0 saturated carbocycles. The largest absolute Gasteiger partial charge is 0.573 e. The SMILES string of the molecule is O=C(CC1Sc2ccccc2NC1=O)NCc1ccccc1OC(F)(F)F. The number of amides is 2. The zero-order chi connectivity index (χ0) is 19.4. The summed E-state index contributed by atoms with van der Waals surface area (Å²) in [5.41, 5.74) is 0.886. The van der Waals surface area contributed by atoms with E-state index in [1.54, 1.807) is 18.2 Å². The second-order valence-corrected chi connectivity index (χ2v) is 6.97. The van der Waals surface area contributed by atoms with Gasteiger partial charge in [-0.25, -0.2) is 0 Å². The van der Waals surface area contributed by atoms with Crippen molar-refractivity contribution in [2.24, 2.45) is 0 Å². The van der Waals surface area contributed by atoms with Crippen LogP contribution >= 0.6 is 11.8 Å². The minimum absolute atomic E-state index is 0.0901. The highest BCUT2D eigenvalue weighted by Crippen LogP contribution is 2.36. The summed E-state index contributed by atoms with van der Waals surface area (Å²) >= 11 is 1.28. The number of nitrogens with one attached hydrogen (secondary N) is 2. The van der Waals surface area contributed by atoms with Gasteiger partial charge in [-0.1, -0.05) is 30.3 Å². The van der Waals surface area contributed by atoms with Crippen LogP contribution in [-0.2, 0) is 16.1 Å². The second-order valence-electron chi connectivity index (χ2n) is 5.73. The smallest absolute Gasteiger partial charge is 0.405 e. The van der Waals surface area contributed by atoms with E-state index in [0.29, 0.717) is 5.69 Å². The number of hydrogen-bond acceptors (Lipinski definition) is 4. The number of benzene rings is 2. The normalized spacial score (nSPS) is 16.3. The van der Waals surface area contributed by atoms with Crippen LogP contribution in [0.4, 0.5) is 18.9 Å². The summed E-state index contributed by atoms with van der Waals surface area (Å²) < 4.78 is 41.3. The molecule has 1 atom stereocenters. The van der Waals surface area contributed by atoms with Crippen molar-refractivity contribution in [1.82, 2.24) is 5.32 Å². The molecular formula is C18H15F3N2O3S. The van der Waals surface area contributed by atoms with Gasteiger partial charge in [0.05, 0.1) is 10.9 Å². The van der Waals surface area contributed by atoms with E-state index in [0.717, 1.165) is 4.90 Å². The van der Waals surface area contributed by atoms with Gasteiger partial charge >= 0.3 is 6.36 Å². The highest BCUT2D eigenvalue weighted by molar-refractivity contribution is 8.01. The molecule has 27 heavy (non-hydrogen) atoms. The highest BCUT2D eigenvalue weighted by Gasteiger charge is 2.32. The van der Waals surface area contributed by atoms with Gasteiger partial charge in [0, 0.05) is 23.4 Å². The Hall–Kier alpha value is -2.68. The molecule has 0 bridgehead atoms. The first-order valence-corrected chi connectivity index (χ1v) is 8.87. The number of carbonyl (C=O) groups excluding carboxylic acids is 2. The Kier molecular flexibility index (Phi) is 5.59. The van der Waals surface area contributed by atoms with E-state index in [1.165, 1.54) is 30.0 Å². The minimum atomic E-state index is -4.82. The topological polar surface area (TPSA) is 67.4 Å². The zero-order valence-electron chi connectivity index (χ0n) is 13.9. The van der Waals surface area contributed by atoms with Gasteiger partial charge in [0.15, 0.2) is 0 Å². The molecule has 0 radical (unpaired) electrons. The van der Waals surface area contributed by atoms with Crippen molar-refractivity contribution < 1.29 is 27.5 Å². The average molecular weight is 396 g/mol. The van der Waals surface area contributed by atoms with Crippen molar-refractivity contribution in [2.75, 3.05) is 5.32 Å². The number of fused-ring (bicyclic) bond motifs is 1. The standard InChI is InChI=1S/C18H15F3N2O3S/c19-18(20,21)26-13-7-3-1-5-11(13)10-22-16(24)9-15-17(25)23-12-6-2-4-8-14(12)27-15/h1-8,15H,9-10H2,(H,22,24)(H,23,25). The number of alkyl halides is 3. The van der Waals surface area contributed by atoms with Crippen LogP contribution in [0.15, 0.2) is 53.4 Å². The van der Waals surface area contributed by atoms with Crippen LogP contribution in [0.3, 0.4) is 0 Å². The fourth-order valence-electron chi connectivity index (χ4n) is 2.54. The van der Waals surface area contributed by atoms with Crippen LogP contribution in [0.25, 0.3) is 0 Å². The van der Waals surface area contributed by atoms with Gasteiger partial charge in [0.1, 0.15) is 5.75 Å². The first-order chi connectivity index (χ1) is 12.8. The van der Waals surface area contributed by atoms with E-state index in [9.17, 15) is 22.8 Å². The van der Waals surface area contributed by atoms with Crippen LogP contribution in [0.5, 0.6) is 5.75 Å². The summed E-state index contributed by atoms with van der Waals surface area (Å²) in [5, 5.41) is 4.67. The average Bonchev–Trinajstić information content (AvgIpc) is 2.60. The van der Waals surface area contributed by atoms with E-state index in [4.69, 9.17) is 0 Å². The number of para-hydroxylation sites is 2. The number of ether oxygens (including phenoxy) is 1. The predicted octanol–water partition coefficient (Wildman–Crippen LogP) is 3.70. The fraction of sp³-hybridized carbons (Fsp3) is 0.222. The van der Waals surface area contributed by atoms with Crippen molar-refractivity contribution in [3.8, 4) is 5.75 Å². The molecule has 1 aliphatic heterocycles. The molecular weight excluding hydrogens is 381 g/mol. The van der Waals surface area contributed by atoms with Crippen LogP contribution in [0.1, 0.15) is 12.0 Å². The maximum atomic E-state index is 12.4. The molecule has 0 aromatic heterocycles. The molecule has 5 nitrogen and oxygen atoms in total. The number of halogens is 3. The summed E-state index contributed by atoms with van der Waals surface area (Å²) in [7, 11) is 0. The van der Waals surface area contributed by atoms with Crippen molar-refractivity contribution in [1.29, 1.82) is 0 Å². The van der Waals surface area contributed by atoms with E-state index in [1.807, 2.05) is 12.1 Å². The first kappa shape index (κ1) is 19.1. The number of thioether (sulfide) groups is 1. The third-order valence-corrected chi connectivity index (χ3v) is 5.03. The molecule has 0 spiro atoms. The third kappa shape index (κ3) is 5.16. The van der Waals surface area contributed by atoms with E-state index >= 15 is 0 Å². The van der Waals surface area contributed by atoms with Crippen LogP contribution in [-0.4, -0.2) is 23.4 Å². The molecule has 0 saturated heterocycles. The number of carbonyl (C=O) groups is 2. The monoisotopic (exact) mass is 396 g/mol. The molecule has 2 aromatic carbocycles. The van der Waals surface area contributed by atoms with Gasteiger partial charge in [0.25, 0.3) is 0 Å². The maximum Gasteiger partial charge on any atom is 0.573 e. The Morgan fingerprint density at radius 1 is 1.15 bits per heavy atom. The molecule has 2 amide bonds. The molecule has 9 heteroatoms. The van der Waals surface area contributed by atoms with Gasteiger partial charge in [-0.3, -0.25) is 9.59 Å². The molecule has 2 aromatic rings. The van der Waals surface area contributed by atoms with Gasteiger partial charge < -0.3 is 15.4 Å². The summed E-state index contributed by atoms with van der Waals surface area (Å²) in [4.78, 5) is 25.2. The second kappa shape index (κ2) is 7.91. The number of rotatable bonds is 5. The Balaban J connectivity index is 1.59. The Morgan fingerprint density at radius 3 is 2.63 bits per heavy atom. The van der Waals surface area contributed by atoms with Gasteiger partial charge in [0.2, 0.25) is 11.8 Å². The van der Waals surface area contributed by atoms with E-state index in [-0.39, 0.29) is 30.2 Å². The van der Waals surface area contributed by atoms with Crippen molar-refractivity contribution in [3.05, 3.63) is 54.1 Å². The fourth-order valence-corrected chi connectivity index (χ4v) is 3.65. The van der Waals surface area contributed by atoms with Crippen molar-refractivity contribution in [2.45, 2.75) is 29.5 Å². The molecule has 2 N–H and O–H groups in total. The lowest BCUT2D eigenvalue weighted by Gasteiger charge is -2.23. The highest BCUT2D eigenvalue weighted by atomic mass is 32.2. The van der Waals surface area contributed by atoms with Gasteiger partial charge in [-0.2, -0.15) is 0 Å². The number of anilines is 1. The summed E-state index contributed by atoms with van der Waals surface area (Å²) in [6.07, 6.45) is -4.91. The molecule has 1 aliphatic rings. The molecule has 0 fully saturated rings. The van der Waals surface area contributed by atoms with E-state index in [2.05, 4.69) is 15.4 Å².